The second-order valence-electron chi connectivity index (χ2n) is 8.00. The predicted octanol–water partition coefficient (Wildman–Crippen LogP) is 2.70. The lowest BCUT2D eigenvalue weighted by Gasteiger charge is -2.25. The van der Waals surface area contributed by atoms with E-state index in [9.17, 15) is 0 Å². The van der Waals surface area contributed by atoms with Gasteiger partial charge < -0.3 is 19.5 Å². The van der Waals surface area contributed by atoms with Crippen LogP contribution in [0.3, 0.4) is 0 Å². The molecule has 3 heterocycles. The molecule has 1 unspecified atom stereocenters. The number of hydrogen-bond donors (Lipinski definition) is 1. The number of rotatable bonds is 6. The van der Waals surface area contributed by atoms with Gasteiger partial charge in [0, 0.05) is 51.1 Å². The molecule has 2 saturated heterocycles. The number of nitrogens with zero attached hydrogens (tertiary/aromatic N) is 4. The highest BCUT2D eigenvalue weighted by Gasteiger charge is 2.42. The predicted molar refractivity (Wildman–Crippen MR) is 111 cm³/mol. The first-order valence-corrected chi connectivity index (χ1v) is 10.4. The highest BCUT2D eigenvalue weighted by Crippen LogP contribution is 2.38. The van der Waals surface area contributed by atoms with Crippen LogP contribution < -0.4 is 5.32 Å². The summed E-state index contributed by atoms with van der Waals surface area (Å²) in [6.45, 7) is 5.57. The Morgan fingerprint density at radius 1 is 1.29 bits per heavy atom. The SMILES string of the molecule is CN=C(NCc1nccn1CCCc1ccccc1)N1CCC2(CCOC2)C1. The van der Waals surface area contributed by atoms with Gasteiger partial charge in [-0.1, -0.05) is 30.3 Å². The van der Waals surface area contributed by atoms with E-state index < -0.39 is 0 Å². The van der Waals surface area contributed by atoms with Crippen LogP contribution in [0, 0.1) is 5.41 Å². The van der Waals surface area contributed by atoms with Crippen molar-refractivity contribution in [2.75, 3.05) is 33.4 Å². The van der Waals surface area contributed by atoms with Crippen molar-refractivity contribution in [2.45, 2.75) is 38.8 Å². The molecule has 6 heteroatoms. The number of aryl methyl sites for hydroxylation is 2. The van der Waals surface area contributed by atoms with Gasteiger partial charge in [-0.3, -0.25) is 4.99 Å². The van der Waals surface area contributed by atoms with Gasteiger partial charge in [0.1, 0.15) is 5.82 Å². The molecule has 1 atom stereocenters. The van der Waals surface area contributed by atoms with Crippen molar-refractivity contribution in [3.05, 3.63) is 54.1 Å². The molecule has 0 amide bonds. The Labute approximate surface area is 167 Å². The molecule has 150 valence electrons. The fourth-order valence-corrected chi connectivity index (χ4v) is 4.39. The first-order chi connectivity index (χ1) is 13.8. The third kappa shape index (κ3) is 4.38. The summed E-state index contributed by atoms with van der Waals surface area (Å²) in [5.41, 5.74) is 1.73. The molecule has 28 heavy (non-hydrogen) atoms. The number of imidazole rings is 1. The molecule has 2 aliphatic rings. The molecule has 6 nitrogen and oxygen atoms in total. The minimum Gasteiger partial charge on any atom is -0.381 e. The first kappa shape index (κ1) is 19.0. The second-order valence-corrected chi connectivity index (χ2v) is 8.00. The van der Waals surface area contributed by atoms with E-state index in [-0.39, 0.29) is 0 Å². The molecule has 1 aromatic heterocycles. The van der Waals surface area contributed by atoms with Crippen molar-refractivity contribution in [3.63, 3.8) is 0 Å². The van der Waals surface area contributed by atoms with E-state index in [1.807, 2.05) is 13.2 Å². The van der Waals surface area contributed by atoms with Gasteiger partial charge in [-0.05, 0) is 31.2 Å². The monoisotopic (exact) mass is 381 g/mol. The number of guanidine groups is 1. The molecule has 2 aliphatic heterocycles. The van der Waals surface area contributed by atoms with Crippen LogP contribution in [0.4, 0.5) is 0 Å². The Balaban J connectivity index is 1.28. The number of ether oxygens (including phenoxy) is 1. The summed E-state index contributed by atoms with van der Waals surface area (Å²) in [5, 5.41) is 3.52. The van der Waals surface area contributed by atoms with Gasteiger partial charge in [-0.15, -0.1) is 0 Å². The van der Waals surface area contributed by atoms with Gasteiger partial charge in [0.15, 0.2) is 5.96 Å². The van der Waals surface area contributed by atoms with Crippen molar-refractivity contribution < 1.29 is 4.74 Å². The Morgan fingerprint density at radius 3 is 2.96 bits per heavy atom. The molecule has 0 radical (unpaired) electrons. The van der Waals surface area contributed by atoms with Crippen molar-refractivity contribution in [1.82, 2.24) is 19.8 Å². The molecule has 2 aromatic rings. The zero-order chi connectivity index (χ0) is 19.2. The van der Waals surface area contributed by atoms with Crippen LogP contribution in [0.15, 0.2) is 47.7 Å². The van der Waals surface area contributed by atoms with Crippen LogP contribution in [0.2, 0.25) is 0 Å². The average molecular weight is 382 g/mol. The van der Waals surface area contributed by atoms with Crippen LogP contribution in [0.5, 0.6) is 0 Å². The number of hydrogen-bond acceptors (Lipinski definition) is 3. The highest BCUT2D eigenvalue weighted by molar-refractivity contribution is 5.80. The lowest BCUT2D eigenvalue weighted by molar-refractivity contribution is 0.156. The van der Waals surface area contributed by atoms with E-state index >= 15 is 0 Å². The zero-order valence-corrected chi connectivity index (χ0v) is 16.8. The third-order valence-corrected chi connectivity index (χ3v) is 6.05. The number of nitrogens with one attached hydrogen (secondary N) is 1. The van der Waals surface area contributed by atoms with Gasteiger partial charge in [-0.25, -0.2) is 4.98 Å². The minimum atomic E-state index is 0.341. The van der Waals surface area contributed by atoms with E-state index in [1.165, 1.54) is 18.4 Å². The third-order valence-electron chi connectivity index (χ3n) is 6.05. The molecule has 1 N–H and O–H groups in total. The van der Waals surface area contributed by atoms with E-state index in [0.717, 1.165) is 57.5 Å². The lowest BCUT2D eigenvalue weighted by atomic mass is 9.87. The standard InChI is InChI=1S/C22H31N5O/c1-23-21(27-13-9-22(17-27)10-15-28-18-22)25-16-20-24-11-14-26(20)12-5-8-19-6-3-2-4-7-19/h2-4,6-7,11,14H,5,8-10,12-13,15-18H2,1H3,(H,23,25). The fraction of sp³-hybridized carbons (Fsp3) is 0.545. The molecule has 1 aromatic carbocycles. The molecule has 0 saturated carbocycles. The summed E-state index contributed by atoms with van der Waals surface area (Å²) in [4.78, 5) is 11.4. The van der Waals surface area contributed by atoms with Crippen LogP contribution >= 0.6 is 0 Å². The molecule has 0 aliphatic carbocycles. The van der Waals surface area contributed by atoms with Gasteiger partial charge in [-0.2, -0.15) is 0 Å². The molecule has 0 bridgehead atoms. The molecular weight excluding hydrogens is 350 g/mol. The molecule has 4 rings (SSSR count). The lowest BCUT2D eigenvalue weighted by Crippen LogP contribution is -2.41. The van der Waals surface area contributed by atoms with Crippen molar-refractivity contribution in [1.29, 1.82) is 0 Å². The topological polar surface area (TPSA) is 54.7 Å². The van der Waals surface area contributed by atoms with E-state index in [0.29, 0.717) is 12.0 Å². The van der Waals surface area contributed by atoms with Gasteiger partial charge in [0.25, 0.3) is 0 Å². The molecule has 1 spiro atoms. The number of aromatic nitrogens is 2. The van der Waals surface area contributed by atoms with Gasteiger partial charge >= 0.3 is 0 Å². The van der Waals surface area contributed by atoms with Crippen LogP contribution in [-0.4, -0.2) is 53.8 Å². The second kappa shape index (κ2) is 8.78. The average Bonchev–Trinajstić information content (AvgIpc) is 3.47. The number of benzene rings is 1. The maximum Gasteiger partial charge on any atom is 0.194 e. The first-order valence-electron chi connectivity index (χ1n) is 10.4. The zero-order valence-electron chi connectivity index (χ0n) is 16.8. The molecular formula is C22H31N5O. The van der Waals surface area contributed by atoms with Gasteiger partial charge in [0.2, 0.25) is 0 Å². The summed E-state index contributed by atoms with van der Waals surface area (Å²) in [6, 6.07) is 10.7. The van der Waals surface area contributed by atoms with Crippen LogP contribution in [-0.2, 0) is 24.2 Å². The number of aliphatic imine (C=N–C) groups is 1. The Hall–Kier alpha value is -2.34. The van der Waals surface area contributed by atoms with Gasteiger partial charge in [0.05, 0.1) is 13.2 Å². The van der Waals surface area contributed by atoms with E-state index in [1.54, 1.807) is 0 Å². The fourth-order valence-electron chi connectivity index (χ4n) is 4.39. The summed E-state index contributed by atoms with van der Waals surface area (Å²) < 4.78 is 7.90. The van der Waals surface area contributed by atoms with Crippen molar-refractivity contribution in [2.24, 2.45) is 10.4 Å². The largest absolute Gasteiger partial charge is 0.381 e. The highest BCUT2D eigenvalue weighted by atomic mass is 16.5. The molecule has 2 fully saturated rings. The van der Waals surface area contributed by atoms with Crippen molar-refractivity contribution in [3.8, 4) is 0 Å². The quantitative estimate of drug-likeness (QED) is 0.617. The summed E-state index contributed by atoms with van der Waals surface area (Å²) in [5.74, 6) is 2.04. The Kier molecular flexibility index (Phi) is 5.95. The summed E-state index contributed by atoms with van der Waals surface area (Å²) in [6.07, 6.45) is 8.53. The summed E-state index contributed by atoms with van der Waals surface area (Å²) in [7, 11) is 1.87. The maximum absolute atomic E-state index is 5.65. The minimum absolute atomic E-state index is 0.341. The normalized spacial score (nSPS) is 22.3. The van der Waals surface area contributed by atoms with Crippen LogP contribution in [0.1, 0.15) is 30.7 Å². The summed E-state index contributed by atoms with van der Waals surface area (Å²) >= 11 is 0. The number of likely N-dealkylation sites (tertiary alicyclic amines) is 1. The smallest absolute Gasteiger partial charge is 0.194 e. The Bertz CT molecular complexity index is 779. The maximum atomic E-state index is 5.65. The van der Waals surface area contributed by atoms with Crippen molar-refractivity contribution >= 4 is 5.96 Å². The van der Waals surface area contributed by atoms with E-state index in [4.69, 9.17) is 4.74 Å². The van der Waals surface area contributed by atoms with E-state index in [2.05, 4.69) is 61.3 Å². The Morgan fingerprint density at radius 2 is 2.18 bits per heavy atom. The van der Waals surface area contributed by atoms with Crippen LogP contribution in [0.25, 0.3) is 0 Å².